The summed E-state index contributed by atoms with van der Waals surface area (Å²) in [6, 6.07) is 0.706. The molecular weight excluding hydrogens is 192 g/mol. The summed E-state index contributed by atoms with van der Waals surface area (Å²) in [5.74, 6) is 0.878. The number of likely N-dealkylation sites (tertiary alicyclic amines) is 1. The van der Waals surface area contributed by atoms with Crippen LogP contribution in [-0.4, -0.2) is 43.2 Å². The van der Waals surface area contributed by atoms with Crippen molar-refractivity contribution in [3.63, 3.8) is 0 Å². The molecule has 3 atom stereocenters. The summed E-state index contributed by atoms with van der Waals surface area (Å²) in [6.45, 7) is 1.44. The first-order valence-electron chi connectivity index (χ1n) is 5.74. The van der Waals surface area contributed by atoms with Crippen LogP contribution in [0.5, 0.6) is 0 Å². The molecule has 0 radical (unpaired) electrons. The van der Waals surface area contributed by atoms with E-state index in [1.807, 2.05) is 4.90 Å². The molecule has 86 valence electrons. The second-order valence-electron chi connectivity index (χ2n) is 4.78. The van der Waals surface area contributed by atoms with Crippen molar-refractivity contribution >= 4 is 5.91 Å². The highest BCUT2D eigenvalue weighted by Gasteiger charge is 2.39. The second kappa shape index (κ2) is 4.49. The first-order valence-corrected chi connectivity index (χ1v) is 5.74. The Balaban J connectivity index is 1.91. The molecule has 2 fully saturated rings. The van der Waals surface area contributed by atoms with Crippen LogP contribution >= 0.6 is 0 Å². The average molecular weight is 212 g/mol. The summed E-state index contributed by atoms with van der Waals surface area (Å²) in [4.78, 5) is 13.9. The quantitative estimate of drug-likeness (QED) is 0.735. The maximum Gasteiger partial charge on any atom is 0.225 e. The van der Waals surface area contributed by atoms with Gasteiger partial charge in [-0.25, -0.2) is 0 Å². The van der Waals surface area contributed by atoms with Crippen molar-refractivity contribution in [3.8, 4) is 0 Å². The van der Waals surface area contributed by atoms with E-state index < -0.39 is 0 Å². The van der Waals surface area contributed by atoms with Crippen LogP contribution in [0.25, 0.3) is 0 Å². The third-order valence-electron chi connectivity index (χ3n) is 3.55. The minimum absolute atomic E-state index is 0.235. The van der Waals surface area contributed by atoms with E-state index in [4.69, 9.17) is 10.5 Å². The molecule has 2 aliphatic rings. The maximum atomic E-state index is 11.9. The molecule has 2 N–H and O–H groups in total. The molecule has 4 nitrogen and oxygen atoms in total. The van der Waals surface area contributed by atoms with Crippen molar-refractivity contribution in [3.05, 3.63) is 0 Å². The van der Waals surface area contributed by atoms with Crippen LogP contribution in [0.3, 0.4) is 0 Å². The lowest BCUT2D eigenvalue weighted by Gasteiger charge is -2.27. The molecule has 1 saturated heterocycles. The summed E-state index contributed by atoms with van der Waals surface area (Å²) >= 11 is 0. The molecule has 0 spiro atoms. The number of nitrogens with zero attached hydrogens (tertiary/aromatic N) is 1. The number of methoxy groups -OCH3 is 1. The number of rotatable bonds is 3. The average Bonchev–Trinajstić information content (AvgIpc) is 2.50. The first kappa shape index (κ1) is 10.9. The van der Waals surface area contributed by atoms with Gasteiger partial charge in [0.05, 0.1) is 13.0 Å². The van der Waals surface area contributed by atoms with Gasteiger partial charge in [0.1, 0.15) is 0 Å². The first-order chi connectivity index (χ1) is 7.20. The van der Waals surface area contributed by atoms with Crippen LogP contribution < -0.4 is 5.73 Å². The number of hydrogen-bond acceptors (Lipinski definition) is 3. The maximum absolute atomic E-state index is 11.9. The number of amides is 1. The number of carbonyl (C=O) groups excluding carboxylic acids is 1. The highest BCUT2D eigenvalue weighted by atomic mass is 16.5. The van der Waals surface area contributed by atoms with Crippen LogP contribution in [0, 0.1) is 5.92 Å². The largest absolute Gasteiger partial charge is 0.384 e. The molecular formula is C11H20N2O2. The molecule has 0 aromatic rings. The van der Waals surface area contributed by atoms with Crippen molar-refractivity contribution in [1.82, 2.24) is 4.90 Å². The van der Waals surface area contributed by atoms with Crippen molar-refractivity contribution in [2.75, 3.05) is 20.3 Å². The molecule has 1 saturated carbocycles. The number of hydrogen-bond donors (Lipinski definition) is 1. The number of fused-ring (bicyclic) bond motifs is 2. The Morgan fingerprint density at radius 2 is 2.27 bits per heavy atom. The number of nitrogens with two attached hydrogens (primary N) is 1. The van der Waals surface area contributed by atoms with Gasteiger partial charge < -0.3 is 15.4 Å². The summed E-state index contributed by atoms with van der Waals surface area (Å²) in [5.41, 5.74) is 5.96. The molecule has 0 aromatic carbocycles. The topological polar surface area (TPSA) is 55.6 Å². The smallest absolute Gasteiger partial charge is 0.225 e. The molecule has 2 bridgehead atoms. The Morgan fingerprint density at radius 3 is 3.00 bits per heavy atom. The summed E-state index contributed by atoms with van der Waals surface area (Å²) in [7, 11) is 1.63. The zero-order valence-electron chi connectivity index (χ0n) is 9.32. The van der Waals surface area contributed by atoms with Crippen LogP contribution in [0.4, 0.5) is 0 Å². The molecule has 1 aliphatic heterocycles. The SMILES string of the molecule is COCCC(=O)N1CC2CC(N)CC1C2. The van der Waals surface area contributed by atoms with Crippen LogP contribution in [0.1, 0.15) is 25.7 Å². The normalized spacial score (nSPS) is 34.5. The minimum Gasteiger partial charge on any atom is -0.384 e. The van der Waals surface area contributed by atoms with Crippen LogP contribution in [-0.2, 0) is 9.53 Å². The van der Waals surface area contributed by atoms with Crippen LogP contribution in [0.2, 0.25) is 0 Å². The molecule has 1 heterocycles. The van der Waals surface area contributed by atoms with Gasteiger partial charge in [-0.3, -0.25) is 4.79 Å². The number of carbonyl (C=O) groups is 1. The Bertz CT molecular complexity index is 245. The van der Waals surface area contributed by atoms with E-state index in [0.717, 1.165) is 25.8 Å². The van der Waals surface area contributed by atoms with Gasteiger partial charge in [0.2, 0.25) is 5.91 Å². The third kappa shape index (κ3) is 2.32. The second-order valence-corrected chi connectivity index (χ2v) is 4.78. The van der Waals surface area contributed by atoms with Gasteiger partial charge in [0, 0.05) is 25.7 Å². The highest BCUT2D eigenvalue weighted by Crippen LogP contribution is 2.35. The summed E-state index contributed by atoms with van der Waals surface area (Å²) in [5, 5.41) is 0. The fourth-order valence-electron chi connectivity index (χ4n) is 2.92. The molecule has 15 heavy (non-hydrogen) atoms. The van der Waals surface area contributed by atoms with Gasteiger partial charge in [0.25, 0.3) is 0 Å². The van der Waals surface area contributed by atoms with Gasteiger partial charge in [-0.05, 0) is 25.2 Å². The van der Waals surface area contributed by atoms with E-state index in [2.05, 4.69) is 0 Å². The summed E-state index contributed by atoms with van der Waals surface area (Å²) in [6.07, 6.45) is 3.74. The molecule has 0 aromatic heterocycles. The van der Waals surface area contributed by atoms with E-state index in [9.17, 15) is 4.79 Å². The molecule has 3 unspecified atom stereocenters. The monoisotopic (exact) mass is 212 g/mol. The van der Waals surface area contributed by atoms with Gasteiger partial charge in [-0.2, -0.15) is 0 Å². The van der Waals surface area contributed by atoms with Crippen molar-refractivity contribution in [1.29, 1.82) is 0 Å². The zero-order chi connectivity index (χ0) is 10.8. The van der Waals surface area contributed by atoms with Crippen molar-refractivity contribution < 1.29 is 9.53 Å². The minimum atomic E-state index is 0.235. The Hall–Kier alpha value is -0.610. The van der Waals surface area contributed by atoms with Gasteiger partial charge in [-0.1, -0.05) is 0 Å². The predicted octanol–water partition coefficient (Wildman–Crippen LogP) is 0.361. The molecule has 1 aliphatic carbocycles. The lowest BCUT2D eigenvalue weighted by atomic mass is 9.87. The molecule has 1 amide bonds. The summed E-state index contributed by atoms with van der Waals surface area (Å²) < 4.78 is 4.93. The zero-order valence-corrected chi connectivity index (χ0v) is 9.32. The predicted molar refractivity (Wildman–Crippen MR) is 57.3 cm³/mol. The van der Waals surface area contributed by atoms with Gasteiger partial charge in [-0.15, -0.1) is 0 Å². The van der Waals surface area contributed by atoms with Crippen LogP contribution in [0.15, 0.2) is 0 Å². The fraction of sp³-hybridized carbons (Fsp3) is 0.909. The number of ether oxygens (including phenoxy) is 1. The van der Waals surface area contributed by atoms with E-state index >= 15 is 0 Å². The van der Waals surface area contributed by atoms with Gasteiger partial charge in [0.15, 0.2) is 0 Å². The third-order valence-corrected chi connectivity index (χ3v) is 3.55. The Kier molecular flexibility index (Phi) is 3.26. The lowest BCUT2D eigenvalue weighted by molar-refractivity contribution is -0.133. The van der Waals surface area contributed by atoms with Crippen molar-refractivity contribution in [2.45, 2.75) is 37.8 Å². The highest BCUT2D eigenvalue weighted by molar-refractivity contribution is 5.77. The standard InChI is InChI=1S/C11H20N2O2/c1-15-3-2-11(14)13-7-8-4-9(12)6-10(13)5-8/h8-10H,2-7,12H2,1H3. The van der Waals surface area contributed by atoms with Gasteiger partial charge >= 0.3 is 0 Å². The fourth-order valence-corrected chi connectivity index (χ4v) is 2.92. The van der Waals surface area contributed by atoms with Crippen molar-refractivity contribution in [2.24, 2.45) is 11.7 Å². The molecule has 4 heteroatoms. The van der Waals surface area contributed by atoms with E-state index in [-0.39, 0.29) is 5.91 Å². The van der Waals surface area contributed by atoms with E-state index in [1.165, 1.54) is 0 Å². The Labute approximate surface area is 90.8 Å². The van der Waals surface area contributed by atoms with E-state index in [1.54, 1.807) is 7.11 Å². The molecule has 2 rings (SSSR count). The van der Waals surface area contributed by atoms with E-state index in [0.29, 0.717) is 31.0 Å². The lowest BCUT2D eigenvalue weighted by Crippen LogP contribution is -2.39. The Morgan fingerprint density at radius 1 is 1.47 bits per heavy atom.